The van der Waals surface area contributed by atoms with E-state index in [1.165, 1.54) is 0 Å². The summed E-state index contributed by atoms with van der Waals surface area (Å²) in [6.45, 7) is 3.28. The van der Waals surface area contributed by atoms with Gasteiger partial charge in [-0.05, 0) is 13.1 Å². The molecule has 0 bridgehead atoms. The number of nitrogens with one attached hydrogen (secondary N) is 1. The van der Waals surface area contributed by atoms with E-state index >= 15 is 0 Å². The van der Waals surface area contributed by atoms with Gasteiger partial charge >= 0.3 is 0 Å². The van der Waals surface area contributed by atoms with Gasteiger partial charge in [0.05, 0.1) is 5.56 Å². The first-order chi connectivity index (χ1) is 13.2. The number of aromatic nitrogens is 5. The van der Waals surface area contributed by atoms with Gasteiger partial charge in [0.1, 0.15) is 5.65 Å². The average molecular weight is 361 g/mol. The van der Waals surface area contributed by atoms with Crippen LogP contribution in [0.1, 0.15) is 10.4 Å². The van der Waals surface area contributed by atoms with E-state index < -0.39 is 0 Å². The summed E-state index contributed by atoms with van der Waals surface area (Å²) in [6, 6.07) is 1.92. The highest BCUT2D eigenvalue weighted by atomic mass is 16.2. The number of H-pyrrole nitrogens is 1. The molecule has 4 aromatic rings. The van der Waals surface area contributed by atoms with Gasteiger partial charge in [0.15, 0.2) is 0 Å². The second-order valence-electron chi connectivity index (χ2n) is 6.90. The number of amides is 1. The van der Waals surface area contributed by atoms with Gasteiger partial charge < -0.3 is 14.8 Å². The SMILES string of the molecule is CN1CCN(C(=O)c2cnc3[nH]cc(-c4cnc5nccn5c4)c3c2)CC1. The lowest BCUT2D eigenvalue weighted by atomic mass is 10.1. The number of likely N-dealkylation sites (N-methyl/N-ethyl adjacent to an activating group) is 1. The van der Waals surface area contributed by atoms with Gasteiger partial charge in [-0.15, -0.1) is 0 Å². The Morgan fingerprint density at radius 3 is 2.81 bits per heavy atom. The normalized spacial score (nSPS) is 15.7. The molecule has 5 heterocycles. The first-order valence-electron chi connectivity index (χ1n) is 8.93. The van der Waals surface area contributed by atoms with Gasteiger partial charge in [0.25, 0.3) is 5.91 Å². The molecule has 0 aromatic carbocycles. The van der Waals surface area contributed by atoms with E-state index in [2.05, 4.69) is 31.9 Å². The van der Waals surface area contributed by atoms with E-state index in [-0.39, 0.29) is 5.91 Å². The maximum Gasteiger partial charge on any atom is 0.255 e. The number of hydrogen-bond donors (Lipinski definition) is 1. The van der Waals surface area contributed by atoms with Crippen molar-refractivity contribution in [3.05, 3.63) is 48.8 Å². The molecule has 1 aliphatic rings. The molecule has 1 saturated heterocycles. The van der Waals surface area contributed by atoms with Crippen LogP contribution in [0.15, 0.2) is 43.2 Å². The van der Waals surface area contributed by atoms with Crippen molar-refractivity contribution in [3.63, 3.8) is 0 Å². The van der Waals surface area contributed by atoms with E-state index in [0.717, 1.165) is 48.3 Å². The number of imidazole rings is 1. The number of fused-ring (bicyclic) bond motifs is 2. The van der Waals surface area contributed by atoms with E-state index in [9.17, 15) is 4.79 Å². The molecular weight excluding hydrogens is 342 g/mol. The van der Waals surface area contributed by atoms with Crippen molar-refractivity contribution in [2.24, 2.45) is 0 Å². The zero-order valence-corrected chi connectivity index (χ0v) is 15.0. The van der Waals surface area contributed by atoms with Crippen molar-refractivity contribution in [2.75, 3.05) is 33.2 Å². The lowest BCUT2D eigenvalue weighted by molar-refractivity contribution is 0.0664. The molecule has 136 valence electrons. The van der Waals surface area contributed by atoms with Gasteiger partial charge in [-0.3, -0.25) is 9.20 Å². The Hall–Kier alpha value is -3.26. The minimum Gasteiger partial charge on any atom is -0.346 e. The van der Waals surface area contributed by atoms with E-state index in [1.54, 1.807) is 18.6 Å². The molecule has 27 heavy (non-hydrogen) atoms. The van der Waals surface area contributed by atoms with Crippen LogP contribution >= 0.6 is 0 Å². The second kappa shape index (κ2) is 6.17. The monoisotopic (exact) mass is 361 g/mol. The third-order valence-electron chi connectivity index (χ3n) is 5.13. The van der Waals surface area contributed by atoms with Crippen molar-refractivity contribution in [3.8, 4) is 11.1 Å². The lowest BCUT2D eigenvalue weighted by Crippen LogP contribution is -2.47. The molecule has 4 aromatic heterocycles. The summed E-state index contributed by atoms with van der Waals surface area (Å²) in [5.74, 6) is 0.690. The standard InChI is InChI=1S/C19H19N7O/c1-24-4-6-25(7-5-24)18(27)13-8-15-16(11-22-17(15)21-9-13)14-10-23-19-20-2-3-26(19)12-14/h2-3,8-12H,4-7H2,1H3,(H,21,22). The third kappa shape index (κ3) is 2.74. The number of nitrogens with zero attached hydrogens (tertiary/aromatic N) is 6. The molecule has 5 rings (SSSR count). The van der Waals surface area contributed by atoms with Crippen molar-refractivity contribution < 1.29 is 4.79 Å². The summed E-state index contributed by atoms with van der Waals surface area (Å²) in [7, 11) is 2.08. The van der Waals surface area contributed by atoms with Crippen LogP contribution in [0.5, 0.6) is 0 Å². The summed E-state index contributed by atoms with van der Waals surface area (Å²) in [4.78, 5) is 33.2. The van der Waals surface area contributed by atoms with Gasteiger partial charge in [-0.1, -0.05) is 0 Å². The Bertz CT molecular complexity index is 1140. The predicted molar refractivity (Wildman–Crippen MR) is 101 cm³/mol. The van der Waals surface area contributed by atoms with Crippen molar-refractivity contribution >= 4 is 22.7 Å². The van der Waals surface area contributed by atoms with Gasteiger partial charge in [0.2, 0.25) is 5.78 Å². The molecule has 0 atom stereocenters. The van der Waals surface area contributed by atoms with E-state index in [4.69, 9.17) is 0 Å². The Morgan fingerprint density at radius 1 is 1.11 bits per heavy atom. The van der Waals surface area contributed by atoms with Crippen molar-refractivity contribution in [1.82, 2.24) is 34.1 Å². The van der Waals surface area contributed by atoms with Gasteiger partial charge in [-0.2, -0.15) is 0 Å². The summed E-state index contributed by atoms with van der Waals surface area (Å²) >= 11 is 0. The van der Waals surface area contributed by atoms with Crippen LogP contribution in [0.3, 0.4) is 0 Å². The summed E-state index contributed by atoms with van der Waals surface area (Å²) in [5, 5.41) is 0.913. The van der Waals surface area contributed by atoms with Crippen LogP contribution in [0, 0.1) is 0 Å². The molecule has 1 amide bonds. The molecule has 1 aliphatic heterocycles. The molecule has 0 radical (unpaired) electrons. The maximum absolute atomic E-state index is 12.9. The first-order valence-corrected chi connectivity index (χ1v) is 8.93. The molecule has 0 spiro atoms. The minimum absolute atomic E-state index is 0.0350. The highest BCUT2D eigenvalue weighted by molar-refractivity contribution is 6.01. The van der Waals surface area contributed by atoms with Crippen molar-refractivity contribution in [2.45, 2.75) is 0 Å². The highest BCUT2D eigenvalue weighted by Crippen LogP contribution is 2.28. The topological polar surface area (TPSA) is 82.4 Å². The molecule has 1 N–H and O–H groups in total. The molecule has 0 saturated carbocycles. The van der Waals surface area contributed by atoms with Crippen LogP contribution in [0.2, 0.25) is 0 Å². The average Bonchev–Trinajstić information content (AvgIpc) is 3.33. The zero-order chi connectivity index (χ0) is 18.4. The minimum atomic E-state index is 0.0350. The van der Waals surface area contributed by atoms with Crippen LogP contribution in [-0.2, 0) is 0 Å². The zero-order valence-electron chi connectivity index (χ0n) is 15.0. The molecule has 8 nitrogen and oxygen atoms in total. The fourth-order valence-corrected chi connectivity index (χ4v) is 3.51. The number of aromatic amines is 1. The fourth-order valence-electron chi connectivity index (χ4n) is 3.51. The molecule has 8 heteroatoms. The number of rotatable bonds is 2. The van der Waals surface area contributed by atoms with E-state index in [1.807, 2.05) is 34.0 Å². The Balaban J connectivity index is 1.53. The lowest BCUT2D eigenvalue weighted by Gasteiger charge is -2.32. The maximum atomic E-state index is 12.9. The van der Waals surface area contributed by atoms with Crippen LogP contribution < -0.4 is 0 Å². The number of piperazine rings is 1. The molecular formula is C19H19N7O. The largest absolute Gasteiger partial charge is 0.346 e. The van der Waals surface area contributed by atoms with Crippen molar-refractivity contribution in [1.29, 1.82) is 0 Å². The smallest absolute Gasteiger partial charge is 0.255 e. The number of hydrogen-bond acceptors (Lipinski definition) is 5. The second-order valence-corrected chi connectivity index (χ2v) is 6.90. The molecule has 0 aliphatic carbocycles. The number of carbonyl (C=O) groups is 1. The van der Waals surface area contributed by atoms with Crippen LogP contribution in [0.25, 0.3) is 27.9 Å². The third-order valence-corrected chi connectivity index (χ3v) is 5.13. The highest BCUT2D eigenvalue weighted by Gasteiger charge is 2.21. The number of pyridine rings is 1. The fraction of sp³-hybridized carbons (Fsp3) is 0.263. The Morgan fingerprint density at radius 2 is 1.96 bits per heavy atom. The summed E-state index contributed by atoms with van der Waals surface area (Å²) < 4.78 is 1.88. The molecule has 0 unspecified atom stereocenters. The summed E-state index contributed by atoms with van der Waals surface area (Å²) in [6.07, 6.45) is 10.9. The first kappa shape index (κ1) is 16.0. The van der Waals surface area contributed by atoms with Crippen LogP contribution in [0.4, 0.5) is 0 Å². The number of carbonyl (C=O) groups excluding carboxylic acids is 1. The van der Waals surface area contributed by atoms with E-state index in [0.29, 0.717) is 11.3 Å². The Labute approximate surface area is 155 Å². The quantitative estimate of drug-likeness (QED) is 0.587. The van der Waals surface area contributed by atoms with Gasteiger partial charge in [-0.25, -0.2) is 15.0 Å². The predicted octanol–water partition coefficient (Wildman–Crippen LogP) is 1.66. The van der Waals surface area contributed by atoms with Gasteiger partial charge in [0, 0.05) is 79.9 Å². The Kier molecular flexibility index (Phi) is 3.64. The van der Waals surface area contributed by atoms with Crippen LogP contribution in [-0.4, -0.2) is 73.3 Å². The summed E-state index contributed by atoms with van der Waals surface area (Å²) in [5.41, 5.74) is 3.28. The molecule has 1 fully saturated rings.